The highest BCUT2D eigenvalue weighted by Gasteiger charge is 2.30. The lowest BCUT2D eigenvalue weighted by molar-refractivity contribution is -0.131. The Bertz CT molecular complexity index is 1300. The number of carbonyl (C=O) groups excluding carboxylic acids is 1. The van der Waals surface area contributed by atoms with Gasteiger partial charge in [-0.1, -0.05) is 65.1 Å². The van der Waals surface area contributed by atoms with E-state index in [1.54, 1.807) is 41.3 Å². The predicted molar refractivity (Wildman–Crippen MR) is 141 cm³/mol. The molecule has 1 saturated heterocycles. The lowest BCUT2D eigenvalue weighted by atomic mass is 10.2. The Labute approximate surface area is 220 Å². The number of sulfonamides is 1. The number of amides is 1. The van der Waals surface area contributed by atoms with Crippen molar-refractivity contribution in [2.45, 2.75) is 11.4 Å². The van der Waals surface area contributed by atoms with Crippen LogP contribution in [-0.4, -0.2) is 56.3 Å². The predicted octanol–water partition coefficient (Wildman–Crippen LogP) is 5.19. The molecule has 0 saturated carbocycles. The number of hydrogen-bond donors (Lipinski definition) is 0. The van der Waals surface area contributed by atoms with Crippen LogP contribution in [0.5, 0.6) is 0 Å². The molecule has 4 rings (SSSR count). The third kappa shape index (κ3) is 6.29. The number of anilines is 1. The van der Waals surface area contributed by atoms with Gasteiger partial charge >= 0.3 is 0 Å². The molecule has 1 heterocycles. The number of halogens is 3. The molecule has 1 fully saturated rings. The van der Waals surface area contributed by atoms with Crippen molar-refractivity contribution in [2.24, 2.45) is 0 Å². The second-order valence-electron chi connectivity index (χ2n) is 8.18. The normalized spacial score (nSPS) is 14.4. The van der Waals surface area contributed by atoms with Crippen molar-refractivity contribution in [2.75, 3.05) is 37.6 Å². The first-order valence-corrected chi connectivity index (χ1v) is 13.6. The van der Waals surface area contributed by atoms with Crippen molar-refractivity contribution < 1.29 is 13.2 Å². The molecule has 0 unspecified atom stereocenters. The zero-order chi connectivity index (χ0) is 25.0. The molecule has 0 atom stereocenters. The maximum atomic E-state index is 13.5. The van der Waals surface area contributed by atoms with Crippen LogP contribution in [0.15, 0.2) is 77.7 Å². The van der Waals surface area contributed by atoms with Crippen LogP contribution in [0.4, 0.5) is 5.69 Å². The van der Waals surface area contributed by atoms with Gasteiger partial charge in [0.05, 0.1) is 21.5 Å². The maximum absolute atomic E-state index is 13.5. The molecule has 1 amide bonds. The van der Waals surface area contributed by atoms with Crippen LogP contribution in [0.1, 0.15) is 5.56 Å². The fourth-order valence-corrected chi connectivity index (χ4v) is 5.85. The fourth-order valence-electron chi connectivity index (χ4n) is 3.95. The Hall–Kier alpha value is -2.29. The highest BCUT2D eigenvalue weighted by molar-refractivity contribution is 7.89. The summed E-state index contributed by atoms with van der Waals surface area (Å²) in [6, 6.07) is 20.6. The van der Waals surface area contributed by atoms with E-state index in [9.17, 15) is 13.2 Å². The second-order valence-corrected chi connectivity index (χ2v) is 11.4. The van der Waals surface area contributed by atoms with Gasteiger partial charge in [0.2, 0.25) is 15.9 Å². The van der Waals surface area contributed by atoms with Crippen molar-refractivity contribution >= 4 is 56.4 Å². The minimum atomic E-state index is -3.93. The molecule has 6 nitrogen and oxygen atoms in total. The molecular formula is C25H24Cl3N3O3S. The monoisotopic (exact) mass is 551 g/mol. The SMILES string of the molecule is O=C(CN(Cc1ccc(Cl)c(Cl)c1)S(=O)(=O)c1ccccc1)N1CCN(c2cccc(Cl)c2)CC1. The molecule has 184 valence electrons. The lowest BCUT2D eigenvalue weighted by Crippen LogP contribution is -2.51. The lowest BCUT2D eigenvalue weighted by Gasteiger charge is -2.37. The van der Waals surface area contributed by atoms with Crippen LogP contribution in [0.3, 0.4) is 0 Å². The highest BCUT2D eigenvalue weighted by atomic mass is 35.5. The van der Waals surface area contributed by atoms with Crippen molar-refractivity contribution in [3.05, 3.63) is 93.4 Å². The Morgan fingerprint density at radius 1 is 0.829 bits per heavy atom. The summed E-state index contributed by atoms with van der Waals surface area (Å²) >= 11 is 18.3. The maximum Gasteiger partial charge on any atom is 0.243 e. The molecule has 3 aromatic carbocycles. The molecule has 3 aromatic rings. The first-order valence-electron chi connectivity index (χ1n) is 11.0. The van der Waals surface area contributed by atoms with E-state index >= 15 is 0 Å². The topological polar surface area (TPSA) is 60.9 Å². The quantitative estimate of drug-likeness (QED) is 0.405. The van der Waals surface area contributed by atoms with Gasteiger partial charge < -0.3 is 9.80 Å². The Kier molecular flexibility index (Phi) is 8.24. The summed E-state index contributed by atoms with van der Waals surface area (Å²) in [6.07, 6.45) is 0. The molecule has 0 spiro atoms. The minimum Gasteiger partial charge on any atom is -0.368 e. The van der Waals surface area contributed by atoms with E-state index in [4.69, 9.17) is 34.8 Å². The summed E-state index contributed by atoms with van der Waals surface area (Å²) in [7, 11) is -3.93. The van der Waals surface area contributed by atoms with Crippen LogP contribution in [0.2, 0.25) is 15.1 Å². The molecular weight excluding hydrogens is 529 g/mol. The third-order valence-electron chi connectivity index (χ3n) is 5.84. The van der Waals surface area contributed by atoms with Gasteiger partial charge in [-0.3, -0.25) is 4.79 Å². The van der Waals surface area contributed by atoms with Crippen LogP contribution in [-0.2, 0) is 21.4 Å². The largest absolute Gasteiger partial charge is 0.368 e. The molecule has 0 aromatic heterocycles. The van der Waals surface area contributed by atoms with E-state index in [0.29, 0.717) is 46.8 Å². The summed E-state index contributed by atoms with van der Waals surface area (Å²) in [5, 5.41) is 1.36. The minimum absolute atomic E-state index is 0.0116. The summed E-state index contributed by atoms with van der Waals surface area (Å²) in [5.41, 5.74) is 1.63. The van der Waals surface area contributed by atoms with E-state index in [0.717, 1.165) is 5.69 Å². The van der Waals surface area contributed by atoms with Crippen molar-refractivity contribution in [3.8, 4) is 0 Å². The van der Waals surface area contributed by atoms with Gasteiger partial charge in [-0.05, 0) is 48.0 Å². The zero-order valence-corrected chi connectivity index (χ0v) is 21.9. The van der Waals surface area contributed by atoms with Crippen molar-refractivity contribution in [1.82, 2.24) is 9.21 Å². The van der Waals surface area contributed by atoms with Crippen molar-refractivity contribution in [1.29, 1.82) is 0 Å². The van der Waals surface area contributed by atoms with Gasteiger partial charge in [0.25, 0.3) is 0 Å². The third-order valence-corrected chi connectivity index (χ3v) is 8.62. The smallest absolute Gasteiger partial charge is 0.243 e. The van der Waals surface area contributed by atoms with Gasteiger partial charge in [-0.2, -0.15) is 4.31 Å². The van der Waals surface area contributed by atoms with Gasteiger partial charge in [0.1, 0.15) is 0 Å². The van der Waals surface area contributed by atoms with Crippen LogP contribution in [0.25, 0.3) is 0 Å². The standard InChI is InChI=1S/C25H24Cl3N3O3S/c26-20-5-4-6-21(16-20)29-11-13-30(14-12-29)25(32)18-31(17-19-9-10-23(27)24(28)15-19)35(33,34)22-7-2-1-3-8-22/h1-10,15-16H,11-14,17-18H2. The summed E-state index contributed by atoms with van der Waals surface area (Å²) in [6.45, 7) is 1.93. The molecule has 10 heteroatoms. The number of nitrogens with zero attached hydrogens (tertiary/aromatic N) is 3. The molecule has 1 aliphatic heterocycles. The van der Waals surface area contributed by atoms with E-state index in [1.807, 2.05) is 24.3 Å². The molecule has 0 radical (unpaired) electrons. The Morgan fingerprint density at radius 2 is 1.54 bits per heavy atom. The van der Waals surface area contributed by atoms with E-state index < -0.39 is 10.0 Å². The number of rotatable bonds is 7. The molecule has 1 aliphatic rings. The number of carbonyl (C=O) groups is 1. The average Bonchev–Trinajstić information content (AvgIpc) is 2.86. The van der Waals surface area contributed by atoms with Crippen LogP contribution in [0, 0.1) is 0 Å². The fraction of sp³-hybridized carbons (Fsp3) is 0.240. The van der Waals surface area contributed by atoms with Crippen LogP contribution >= 0.6 is 34.8 Å². The van der Waals surface area contributed by atoms with Gasteiger partial charge in [-0.25, -0.2) is 8.42 Å². The van der Waals surface area contributed by atoms with Crippen molar-refractivity contribution in [3.63, 3.8) is 0 Å². The molecule has 0 N–H and O–H groups in total. The number of benzene rings is 3. The first kappa shape index (κ1) is 25.8. The van der Waals surface area contributed by atoms with E-state index in [1.165, 1.54) is 16.4 Å². The number of hydrogen-bond acceptors (Lipinski definition) is 4. The van der Waals surface area contributed by atoms with Gasteiger partial charge in [0.15, 0.2) is 0 Å². The second kappa shape index (κ2) is 11.2. The highest BCUT2D eigenvalue weighted by Crippen LogP contribution is 2.26. The van der Waals surface area contributed by atoms with Gasteiger partial charge in [-0.15, -0.1) is 0 Å². The number of piperazine rings is 1. The first-order chi connectivity index (χ1) is 16.7. The summed E-state index contributed by atoms with van der Waals surface area (Å²) in [5.74, 6) is -0.254. The zero-order valence-electron chi connectivity index (χ0n) is 18.8. The van der Waals surface area contributed by atoms with Gasteiger partial charge in [0, 0.05) is 43.4 Å². The Morgan fingerprint density at radius 3 is 2.20 bits per heavy atom. The molecule has 0 bridgehead atoms. The van der Waals surface area contributed by atoms with E-state index in [-0.39, 0.29) is 23.9 Å². The summed E-state index contributed by atoms with van der Waals surface area (Å²) in [4.78, 5) is 17.2. The van der Waals surface area contributed by atoms with Crippen LogP contribution < -0.4 is 4.90 Å². The summed E-state index contributed by atoms with van der Waals surface area (Å²) < 4.78 is 28.1. The van der Waals surface area contributed by atoms with E-state index in [2.05, 4.69) is 4.90 Å². The average molecular weight is 553 g/mol. The Balaban J connectivity index is 1.50. The molecule has 35 heavy (non-hydrogen) atoms. The molecule has 0 aliphatic carbocycles.